The van der Waals surface area contributed by atoms with Crippen LogP contribution in [0.4, 0.5) is 13.2 Å². The fourth-order valence-electron chi connectivity index (χ4n) is 1.58. The molecule has 1 aromatic carbocycles. The zero-order valence-corrected chi connectivity index (χ0v) is 16.0. The summed E-state index contributed by atoms with van der Waals surface area (Å²) in [5.41, 5.74) is -0.754. The van der Waals surface area contributed by atoms with Crippen LogP contribution in [0.3, 0.4) is 0 Å². The molecule has 2 nitrogen and oxygen atoms in total. The van der Waals surface area contributed by atoms with Gasteiger partial charge in [0.2, 0.25) is 0 Å². The van der Waals surface area contributed by atoms with Gasteiger partial charge in [0.1, 0.15) is 0 Å². The van der Waals surface area contributed by atoms with E-state index in [0.29, 0.717) is 6.17 Å². The van der Waals surface area contributed by atoms with Gasteiger partial charge in [-0.05, 0) is 17.7 Å². The van der Waals surface area contributed by atoms with E-state index in [1.807, 2.05) is 0 Å². The summed E-state index contributed by atoms with van der Waals surface area (Å²) in [5, 5.41) is 2.70. The molecule has 0 aromatic heterocycles. The molecule has 0 bridgehead atoms. The van der Waals surface area contributed by atoms with Crippen LogP contribution >= 0.6 is 31.9 Å². The van der Waals surface area contributed by atoms with Crippen molar-refractivity contribution in [1.29, 1.82) is 0 Å². The summed E-state index contributed by atoms with van der Waals surface area (Å²) >= 11 is 6.13. The third kappa shape index (κ3) is 5.75. The summed E-state index contributed by atoms with van der Waals surface area (Å²) in [6.45, 7) is 6.20. The zero-order valence-electron chi connectivity index (χ0n) is 11.8. The Morgan fingerprint density at radius 1 is 1.29 bits per heavy atom. The summed E-state index contributed by atoms with van der Waals surface area (Å²) in [6, 6.07) is 3.60. The van der Waals surface area contributed by atoms with Crippen LogP contribution in [-0.2, 0) is 6.18 Å². The van der Waals surface area contributed by atoms with Gasteiger partial charge in [-0.1, -0.05) is 57.6 Å². The minimum absolute atomic E-state index is 0.0185. The van der Waals surface area contributed by atoms with Gasteiger partial charge in [0.25, 0.3) is 5.91 Å². The largest absolute Gasteiger partial charge is 0.416 e. The summed E-state index contributed by atoms with van der Waals surface area (Å²) < 4.78 is 38.6. The lowest BCUT2D eigenvalue weighted by Crippen LogP contribution is -2.39. The second kappa shape index (κ2) is 6.83. The van der Waals surface area contributed by atoms with Gasteiger partial charge in [-0.3, -0.25) is 4.79 Å². The van der Waals surface area contributed by atoms with Crippen LogP contribution < -0.4 is 5.32 Å². The van der Waals surface area contributed by atoms with E-state index in [1.54, 1.807) is 0 Å². The molecular weight excluding hydrogens is 431 g/mol. The number of carbonyl (C=O) groups is 1. The molecule has 0 aliphatic heterocycles. The van der Waals surface area contributed by atoms with Gasteiger partial charge in [-0.15, -0.1) is 0 Å². The van der Waals surface area contributed by atoms with Crippen molar-refractivity contribution in [3.63, 3.8) is 0 Å². The van der Waals surface area contributed by atoms with Gasteiger partial charge in [0.15, 0.2) is 0 Å². The number of halogens is 5. The predicted molar refractivity (Wildman–Crippen MR) is 87.7 cm³/mol. The van der Waals surface area contributed by atoms with Crippen molar-refractivity contribution in [1.82, 2.24) is 5.32 Å². The highest BCUT2D eigenvalue weighted by Gasteiger charge is 2.35. The summed E-state index contributed by atoms with van der Waals surface area (Å²) in [4.78, 5) is 12.0. The number of alkyl halides is 5. The Morgan fingerprint density at radius 3 is 2.29 bits per heavy atom. The monoisotopic (exact) mass is 445 g/mol. The maximum atomic E-state index is 13.1. The molecule has 0 spiro atoms. The van der Waals surface area contributed by atoms with Gasteiger partial charge in [-0.25, -0.2) is 0 Å². The van der Waals surface area contributed by atoms with E-state index in [1.165, 1.54) is 12.1 Å². The molecule has 1 N–H and O–H groups in total. The van der Waals surface area contributed by atoms with Crippen LogP contribution in [-0.4, -0.2) is 20.1 Å². The van der Waals surface area contributed by atoms with Crippen LogP contribution in [0.25, 0.3) is 0 Å². The van der Waals surface area contributed by atoms with Crippen LogP contribution in [0.2, 0.25) is 19.6 Å². The summed E-state index contributed by atoms with van der Waals surface area (Å²) in [6.07, 6.45) is -3.99. The predicted octanol–water partition coefficient (Wildman–Crippen LogP) is 5.10. The first kappa shape index (κ1) is 18.7. The van der Waals surface area contributed by atoms with Crippen LogP contribution in [0.1, 0.15) is 25.2 Å². The van der Waals surface area contributed by atoms with Crippen LogP contribution in [0.15, 0.2) is 18.2 Å². The number of hydrogen-bond donors (Lipinski definition) is 1. The molecule has 0 saturated heterocycles. The van der Waals surface area contributed by atoms with E-state index in [2.05, 4.69) is 56.8 Å². The number of rotatable bonds is 4. The minimum Gasteiger partial charge on any atom is -0.355 e. The van der Waals surface area contributed by atoms with Crippen molar-refractivity contribution in [2.24, 2.45) is 0 Å². The molecule has 0 aliphatic rings. The van der Waals surface area contributed by atoms with E-state index < -0.39 is 29.5 Å². The first-order valence-corrected chi connectivity index (χ1v) is 11.7. The Labute approximate surface area is 139 Å². The fourth-order valence-corrected chi connectivity index (χ4v) is 3.07. The highest BCUT2D eigenvalue weighted by molar-refractivity contribution is 9.24. The molecular formula is C13H16Br2F3NOSi. The van der Waals surface area contributed by atoms with E-state index in [9.17, 15) is 18.0 Å². The molecule has 8 heteroatoms. The molecule has 0 heterocycles. The minimum atomic E-state index is -4.51. The van der Waals surface area contributed by atoms with Crippen molar-refractivity contribution < 1.29 is 18.0 Å². The molecule has 0 aliphatic carbocycles. The van der Waals surface area contributed by atoms with E-state index in [-0.39, 0.29) is 11.1 Å². The summed E-state index contributed by atoms with van der Waals surface area (Å²) in [7, 11) is -1.50. The molecule has 0 fully saturated rings. The molecule has 0 saturated carbocycles. The van der Waals surface area contributed by atoms with Gasteiger partial charge in [0.05, 0.1) is 17.4 Å². The Balaban J connectivity index is 3.08. The van der Waals surface area contributed by atoms with Crippen molar-refractivity contribution in [2.45, 2.75) is 29.6 Å². The third-order valence-corrected chi connectivity index (χ3v) is 4.86. The molecule has 0 atom stereocenters. The topological polar surface area (TPSA) is 29.1 Å². The highest BCUT2D eigenvalue weighted by Crippen LogP contribution is 2.40. The quantitative estimate of drug-likeness (QED) is 0.505. The second-order valence-electron chi connectivity index (χ2n) is 5.84. The average Bonchev–Trinajstić information content (AvgIpc) is 2.33. The first-order valence-electron chi connectivity index (χ1n) is 6.19. The normalized spacial score (nSPS) is 12.6. The Kier molecular flexibility index (Phi) is 6.08. The number of carbonyl (C=O) groups excluding carboxylic acids is 1. The summed E-state index contributed by atoms with van der Waals surface area (Å²) in [5.74, 6) is -0.477. The Morgan fingerprint density at radius 2 is 1.86 bits per heavy atom. The SMILES string of the molecule is C[Si](C)(C)CNC(=O)c1ccc(C(Br)Br)c(C(F)(F)F)c1. The zero-order chi connectivity index (χ0) is 16.4. The molecule has 21 heavy (non-hydrogen) atoms. The average molecular weight is 447 g/mol. The molecule has 0 radical (unpaired) electrons. The molecule has 118 valence electrons. The van der Waals surface area contributed by atoms with E-state index in [0.717, 1.165) is 6.07 Å². The van der Waals surface area contributed by atoms with Crippen molar-refractivity contribution in [3.8, 4) is 0 Å². The Hall–Kier alpha value is -0.343. The van der Waals surface area contributed by atoms with Gasteiger partial charge >= 0.3 is 6.18 Å². The maximum absolute atomic E-state index is 13.1. The molecule has 1 rings (SSSR count). The number of amides is 1. The number of nitrogens with one attached hydrogen (secondary N) is 1. The molecule has 1 aromatic rings. The lowest BCUT2D eigenvalue weighted by molar-refractivity contribution is -0.138. The van der Waals surface area contributed by atoms with E-state index in [4.69, 9.17) is 0 Å². The van der Waals surface area contributed by atoms with Crippen LogP contribution in [0, 0.1) is 0 Å². The van der Waals surface area contributed by atoms with Crippen molar-refractivity contribution in [2.75, 3.05) is 6.17 Å². The standard InChI is InChI=1S/C13H16Br2F3NOSi/c1-21(2,3)7-19-12(20)8-4-5-9(11(14)15)10(6-8)13(16,17)18/h4-6,11H,7H2,1-3H3,(H,19,20). The molecule has 1 amide bonds. The fraction of sp³-hybridized carbons (Fsp3) is 0.462. The van der Waals surface area contributed by atoms with E-state index >= 15 is 0 Å². The molecule has 0 unspecified atom stereocenters. The Bertz CT molecular complexity index is 527. The third-order valence-electron chi connectivity index (χ3n) is 2.64. The maximum Gasteiger partial charge on any atom is 0.416 e. The van der Waals surface area contributed by atoms with Crippen molar-refractivity contribution in [3.05, 3.63) is 34.9 Å². The van der Waals surface area contributed by atoms with Gasteiger partial charge in [0, 0.05) is 11.7 Å². The number of benzene rings is 1. The van der Waals surface area contributed by atoms with Crippen LogP contribution in [0.5, 0.6) is 0 Å². The highest BCUT2D eigenvalue weighted by atomic mass is 79.9. The lowest BCUT2D eigenvalue weighted by Gasteiger charge is -2.18. The van der Waals surface area contributed by atoms with Crippen molar-refractivity contribution >= 4 is 45.8 Å². The second-order valence-corrected chi connectivity index (χ2v) is 14.4. The van der Waals surface area contributed by atoms with Gasteiger partial charge < -0.3 is 5.32 Å². The number of hydrogen-bond acceptors (Lipinski definition) is 1. The first-order chi connectivity index (χ1) is 9.42. The lowest BCUT2D eigenvalue weighted by atomic mass is 10.0. The smallest absolute Gasteiger partial charge is 0.355 e. The van der Waals surface area contributed by atoms with Gasteiger partial charge in [-0.2, -0.15) is 13.2 Å².